The molecule has 0 radical (unpaired) electrons. The van der Waals surface area contributed by atoms with Crippen molar-refractivity contribution in [1.29, 1.82) is 0 Å². The summed E-state index contributed by atoms with van der Waals surface area (Å²) < 4.78 is 0. The SMILES string of the molecule is C=CN(C)C(CC(C)C)=NC. The first-order valence-corrected chi connectivity index (χ1v) is 3.92. The van der Waals surface area contributed by atoms with Crippen LogP contribution in [0.2, 0.25) is 0 Å². The maximum Gasteiger partial charge on any atom is 0.102 e. The zero-order valence-electron chi connectivity index (χ0n) is 7.96. The molecule has 0 amide bonds. The van der Waals surface area contributed by atoms with Crippen LogP contribution in [0.3, 0.4) is 0 Å². The lowest BCUT2D eigenvalue weighted by molar-refractivity contribution is 0.601. The number of rotatable bonds is 3. The van der Waals surface area contributed by atoms with Crippen molar-refractivity contribution in [1.82, 2.24) is 4.90 Å². The molecule has 0 aliphatic heterocycles. The van der Waals surface area contributed by atoms with Gasteiger partial charge in [-0.05, 0) is 12.1 Å². The summed E-state index contributed by atoms with van der Waals surface area (Å²) in [4.78, 5) is 6.13. The van der Waals surface area contributed by atoms with Crippen molar-refractivity contribution < 1.29 is 0 Å². The van der Waals surface area contributed by atoms with Crippen molar-refractivity contribution in [3.05, 3.63) is 12.8 Å². The van der Waals surface area contributed by atoms with E-state index in [0.29, 0.717) is 5.92 Å². The van der Waals surface area contributed by atoms with Gasteiger partial charge in [0.2, 0.25) is 0 Å². The zero-order chi connectivity index (χ0) is 8.85. The molecule has 2 nitrogen and oxygen atoms in total. The molecular formula is C9H18N2. The highest BCUT2D eigenvalue weighted by molar-refractivity contribution is 5.82. The smallest absolute Gasteiger partial charge is 0.102 e. The molecule has 0 rings (SSSR count). The second-order valence-electron chi connectivity index (χ2n) is 3.03. The number of aliphatic imine (C=N–C) groups is 1. The molecule has 0 aromatic carbocycles. The monoisotopic (exact) mass is 154 g/mol. The average molecular weight is 154 g/mol. The molecule has 11 heavy (non-hydrogen) atoms. The van der Waals surface area contributed by atoms with E-state index in [-0.39, 0.29) is 0 Å². The van der Waals surface area contributed by atoms with Crippen LogP contribution in [0.5, 0.6) is 0 Å². The van der Waals surface area contributed by atoms with Crippen LogP contribution >= 0.6 is 0 Å². The van der Waals surface area contributed by atoms with E-state index in [1.54, 1.807) is 6.20 Å². The molecule has 0 bridgehead atoms. The Bertz CT molecular complexity index is 148. The summed E-state index contributed by atoms with van der Waals surface area (Å²) >= 11 is 0. The summed E-state index contributed by atoms with van der Waals surface area (Å²) in [6.07, 6.45) is 2.80. The summed E-state index contributed by atoms with van der Waals surface area (Å²) in [5, 5.41) is 0. The maximum atomic E-state index is 4.17. The first-order valence-electron chi connectivity index (χ1n) is 3.92. The Morgan fingerprint density at radius 2 is 2.18 bits per heavy atom. The van der Waals surface area contributed by atoms with E-state index in [4.69, 9.17) is 0 Å². The van der Waals surface area contributed by atoms with Crippen LogP contribution in [-0.2, 0) is 0 Å². The fourth-order valence-corrected chi connectivity index (χ4v) is 0.864. The number of hydrogen-bond donors (Lipinski definition) is 0. The van der Waals surface area contributed by atoms with Crippen LogP contribution < -0.4 is 0 Å². The van der Waals surface area contributed by atoms with Gasteiger partial charge in [-0.25, -0.2) is 0 Å². The third-order valence-corrected chi connectivity index (χ3v) is 1.53. The molecule has 0 heterocycles. The average Bonchev–Trinajstić information content (AvgIpc) is 1.98. The largest absolute Gasteiger partial charge is 0.340 e. The van der Waals surface area contributed by atoms with Gasteiger partial charge < -0.3 is 4.90 Å². The van der Waals surface area contributed by atoms with Gasteiger partial charge in [0.05, 0.1) is 0 Å². The molecule has 0 spiro atoms. The predicted octanol–water partition coefficient (Wildman–Crippen LogP) is 2.14. The molecule has 0 saturated carbocycles. The maximum absolute atomic E-state index is 4.17. The van der Waals surface area contributed by atoms with Crippen LogP contribution in [0.25, 0.3) is 0 Å². The lowest BCUT2D eigenvalue weighted by Gasteiger charge is -2.17. The Kier molecular flexibility index (Phi) is 4.59. The summed E-state index contributed by atoms with van der Waals surface area (Å²) in [5.74, 6) is 1.74. The quantitative estimate of drug-likeness (QED) is 0.449. The van der Waals surface area contributed by atoms with Crippen molar-refractivity contribution in [2.45, 2.75) is 20.3 Å². The standard InChI is InChI=1S/C9H18N2/c1-6-11(5)9(10-4)7-8(2)3/h6,8H,1,7H2,2-5H3. The number of amidine groups is 1. The Labute approximate surface area is 69.6 Å². The van der Waals surface area contributed by atoms with E-state index < -0.39 is 0 Å². The molecule has 0 aliphatic rings. The molecule has 0 atom stereocenters. The molecule has 64 valence electrons. The van der Waals surface area contributed by atoms with Gasteiger partial charge in [0.15, 0.2) is 0 Å². The van der Waals surface area contributed by atoms with Gasteiger partial charge in [-0.15, -0.1) is 0 Å². The van der Waals surface area contributed by atoms with Gasteiger partial charge in [-0.1, -0.05) is 20.4 Å². The second kappa shape index (κ2) is 4.94. The molecule has 0 aromatic rings. The predicted molar refractivity (Wildman–Crippen MR) is 50.8 cm³/mol. The van der Waals surface area contributed by atoms with Crippen molar-refractivity contribution in [3.63, 3.8) is 0 Å². The molecule has 0 aliphatic carbocycles. The molecule has 2 heteroatoms. The normalized spacial score (nSPS) is 11.9. The molecule has 0 unspecified atom stereocenters. The van der Waals surface area contributed by atoms with Crippen molar-refractivity contribution >= 4 is 5.84 Å². The van der Waals surface area contributed by atoms with Crippen LogP contribution in [0, 0.1) is 5.92 Å². The van der Waals surface area contributed by atoms with Crippen LogP contribution in [0.1, 0.15) is 20.3 Å². The molecule has 0 aromatic heterocycles. The fourth-order valence-electron chi connectivity index (χ4n) is 0.864. The second-order valence-corrected chi connectivity index (χ2v) is 3.03. The molecule has 0 N–H and O–H groups in total. The minimum atomic E-state index is 0.649. The fraction of sp³-hybridized carbons (Fsp3) is 0.667. The third kappa shape index (κ3) is 3.81. The van der Waals surface area contributed by atoms with E-state index in [0.717, 1.165) is 12.3 Å². The van der Waals surface area contributed by atoms with Crippen LogP contribution in [0.4, 0.5) is 0 Å². The third-order valence-electron chi connectivity index (χ3n) is 1.53. The van der Waals surface area contributed by atoms with Gasteiger partial charge in [-0.2, -0.15) is 0 Å². The van der Waals surface area contributed by atoms with Gasteiger partial charge in [0.25, 0.3) is 0 Å². The Balaban J connectivity index is 4.07. The van der Waals surface area contributed by atoms with Crippen molar-refractivity contribution in [3.8, 4) is 0 Å². The van der Waals surface area contributed by atoms with Crippen molar-refractivity contribution in [2.75, 3.05) is 14.1 Å². The van der Waals surface area contributed by atoms with E-state index >= 15 is 0 Å². The number of nitrogens with zero attached hydrogens (tertiary/aromatic N) is 2. The summed E-state index contributed by atoms with van der Waals surface area (Å²) in [5.41, 5.74) is 0. The summed E-state index contributed by atoms with van der Waals surface area (Å²) in [6.45, 7) is 8.05. The van der Waals surface area contributed by atoms with E-state index in [1.807, 2.05) is 19.0 Å². The minimum Gasteiger partial charge on any atom is -0.340 e. The molecular weight excluding hydrogens is 136 g/mol. The van der Waals surface area contributed by atoms with Gasteiger partial charge in [0, 0.05) is 20.5 Å². The van der Waals surface area contributed by atoms with E-state index in [2.05, 4.69) is 25.4 Å². The highest BCUT2D eigenvalue weighted by atomic mass is 15.1. The molecule has 0 fully saturated rings. The van der Waals surface area contributed by atoms with E-state index in [1.165, 1.54) is 0 Å². The topological polar surface area (TPSA) is 15.6 Å². The Morgan fingerprint density at radius 3 is 2.45 bits per heavy atom. The first kappa shape index (κ1) is 10.2. The summed E-state index contributed by atoms with van der Waals surface area (Å²) in [6, 6.07) is 0. The zero-order valence-corrected chi connectivity index (χ0v) is 7.96. The van der Waals surface area contributed by atoms with Gasteiger partial charge in [-0.3, -0.25) is 4.99 Å². The van der Waals surface area contributed by atoms with Crippen molar-refractivity contribution in [2.24, 2.45) is 10.9 Å². The number of hydrogen-bond acceptors (Lipinski definition) is 1. The minimum absolute atomic E-state index is 0.649. The van der Waals surface area contributed by atoms with Gasteiger partial charge >= 0.3 is 0 Å². The van der Waals surface area contributed by atoms with Crippen LogP contribution in [0.15, 0.2) is 17.8 Å². The Hall–Kier alpha value is -0.790. The highest BCUT2D eigenvalue weighted by Gasteiger charge is 2.03. The van der Waals surface area contributed by atoms with Crippen LogP contribution in [-0.4, -0.2) is 24.8 Å². The van der Waals surface area contributed by atoms with E-state index in [9.17, 15) is 0 Å². The highest BCUT2D eigenvalue weighted by Crippen LogP contribution is 2.04. The first-order chi connectivity index (χ1) is 5.11. The summed E-state index contributed by atoms with van der Waals surface area (Å²) in [7, 11) is 3.79. The van der Waals surface area contributed by atoms with Gasteiger partial charge in [0.1, 0.15) is 5.84 Å². The molecule has 0 saturated heterocycles. The lowest BCUT2D eigenvalue weighted by atomic mass is 10.1. The Morgan fingerprint density at radius 1 is 1.64 bits per heavy atom. The lowest BCUT2D eigenvalue weighted by Crippen LogP contribution is -2.22.